The molecule has 1 amide bonds. The van der Waals surface area contributed by atoms with E-state index in [-0.39, 0.29) is 11.4 Å². The molecule has 1 N–H and O–H groups in total. The zero-order chi connectivity index (χ0) is 18.4. The fourth-order valence-electron chi connectivity index (χ4n) is 2.31. The van der Waals surface area contributed by atoms with E-state index >= 15 is 0 Å². The van der Waals surface area contributed by atoms with Gasteiger partial charge in [-0.1, -0.05) is 6.07 Å². The van der Waals surface area contributed by atoms with Crippen LogP contribution >= 0.6 is 0 Å². The van der Waals surface area contributed by atoms with Gasteiger partial charge in [0.1, 0.15) is 6.20 Å². The molecule has 0 radical (unpaired) electrons. The Labute approximate surface area is 144 Å². The summed E-state index contributed by atoms with van der Waals surface area (Å²) in [5.74, 6) is 0.652. The molecule has 2 aromatic rings. The van der Waals surface area contributed by atoms with Gasteiger partial charge in [-0.15, -0.1) is 0 Å². The second kappa shape index (κ2) is 8.13. The van der Waals surface area contributed by atoms with Crippen molar-refractivity contribution in [1.29, 1.82) is 0 Å². The molecule has 0 fully saturated rings. The maximum atomic E-state index is 12.2. The van der Waals surface area contributed by atoms with Gasteiger partial charge in [-0.05, 0) is 31.0 Å². The van der Waals surface area contributed by atoms with E-state index in [1.54, 1.807) is 27.2 Å². The number of benzene rings is 1. The number of ether oxygens (including phenoxy) is 2. The average Bonchev–Trinajstić information content (AvgIpc) is 3.06. The Bertz CT molecular complexity index is 772. The Kier molecular flexibility index (Phi) is 5.93. The summed E-state index contributed by atoms with van der Waals surface area (Å²) in [7, 11) is 3.10. The lowest BCUT2D eigenvalue weighted by molar-refractivity contribution is -0.385. The minimum absolute atomic E-state index is 0.181. The Balaban J connectivity index is 2.01. The van der Waals surface area contributed by atoms with E-state index in [0.29, 0.717) is 31.0 Å². The summed E-state index contributed by atoms with van der Waals surface area (Å²) in [6.07, 6.45) is 1.79. The van der Waals surface area contributed by atoms with Crippen LogP contribution in [0.3, 0.4) is 0 Å². The van der Waals surface area contributed by atoms with Gasteiger partial charge in [-0.3, -0.25) is 19.6 Å². The third kappa shape index (κ3) is 4.25. The van der Waals surface area contributed by atoms with Crippen LogP contribution in [0.25, 0.3) is 0 Å². The van der Waals surface area contributed by atoms with Crippen molar-refractivity contribution in [2.45, 2.75) is 19.9 Å². The summed E-state index contributed by atoms with van der Waals surface area (Å²) >= 11 is 0. The summed E-state index contributed by atoms with van der Waals surface area (Å²) in [5.41, 5.74) is 0.455. The highest BCUT2D eigenvalue weighted by atomic mass is 16.6. The van der Waals surface area contributed by atoms with Crippen molar-refractivity contribution in [3.05, 3.63) is 45.8 Å². The number of carbonyl (C=O) groups is 1. The van der Waals surface area contributed by atoms with Gasteiger partial charge in [0.25, 0.3) is 5.91 Å². The number of hydrogen-bond acceptors (Lipinski definition) is 6. The normalized spacial score (nSPS) is 10.4. The molecular formula is C16H20N4O5. The summed E-state index contributed by atoms with van der Waals surface area (Å²) < 4.78 is 11.8. The van der Waals surface area contributed by atoms with Gasteiger partial charge in [0.2, 0.25) is 5.69 Å². The Morgan fingerprint density at radius 3 is 2.64 bits per heavy atom. The second-order valence-electron chi connectivity index (χ2n) is 5.17. The highest BCUT2D eigenvalue weighted by molar-refractivity contribution is 5.96. The molecule has 1 heterocycles. The standard InChI is InChI=1S/C16H20N4O5/c1-4-19-10-12(20(22)23)15(18-19)16(21)17-8-7-11-5-6-13(24-2)14(9-11)25-3/h5-6,9-10H,4,7-8H2,1-3H3,(H,17,21). The first-order valence-electron chi connectivity index (χ1n) is 7.71. The minimum atomic E-state index is -0.609. The number of nitro groups is 1. The topological polar surface area (TPSA) is 109 Å². The molecule has 2 rings (SSSR count). The van der Waals surface area contributed by atoms with E-state index in [1.807, 2.05) is 12.1 Å². The van der Waals surface area contributed by atoms with E-state index in [1.165, 1.54) is 10.9 Å². The molecule has 25 heavy (non-hydrogen) atoms. The van der Waals surface area contributed by atoms with Gasteiger partial charge in [0, 0.05) is 13.1 Å². The van der Waals surface area contributed by atoms with Crippen LogP contribution in [0.5, 0.6) is 11.5 Å². The first-order chi connectivity index (χ1) is 12.0. The molecule has 0 atom stereocenters. The molecule has 9 nitrogen and oxygen atoms in total. The number of nitrogens with one attached hydrogen (secondary N) is 1. The van der Waals surface area contributed by atoms with Crippen LogP contribution < -0.4 is 14.8 Å². The van der Waals surface area contributed by atoms with Crippen LogP contribution in [0.15, 0.2) is 24.4 Å². The molecule has 1 aromatic heterocycles. The number of hydrogen-bond donors (Lipinski definition) is 1. The van der Waals surface area contributed by atoms with Crippen molar-refractivity contribution in [2.75, 3.05) is 20.8 Å². The predicted octanol–water partition coefficient (Wildman–Crippen LogP) is 1.80. The number of nitrogens with zero attached hydrogens (tertiary/aromatic N) is 3. The van der Waals surface area contributed by atoms with Crippen molar-refractivity contribution in [1.82, 2.24) is 15.1 Å². The maximum Gasteiger partial charge on any atom is 0.320 e. The molecule has 134 valence electrons. The lowest BCUT2D eigenvalue weighted by atomic mass is 10.1. The molecule has 0 aliphatic heterocycles. The number of aryl methyl sites for hydroxylation is 1. The number of methoxy groups -OCH3 is 2. The van der Waals surface area contributed by atoms with E-state index in [9.17, 15) is 14.9 Å². The van der Waals surface area contributed by atoms with Crippen molar-refractivity contribution >= 4 is 11.6 Å². The third-order valence-corrected chi connectivity index (χ3v) is 3.63. The van der Waals surface area contributed by atoms with Crippen molar-refractivity contribution in [3.63, 3.8) is 0 Å². The summed E-state index contributed by atoms with van der Waals surface area (Å²) in [6, 6.07) is 5.46. The molecule has 0 saturated carbocycles. The second-order valence-corrected chi connectivity index (χ2v) is 5.17. The average molecular weight is 348 g/mol. The molecule has 0 spiro atoms. The lowest BCUT2D eigenvalue weighted by Gasteiger charge is -2.09. The van der Waals surface area contributed by atoms with Gasteiger partial charge in [-0.2, -0.15) is 5.10 Å². The molecule has 9 heteroatoms. The smallest absolute Gasteiger partial charge is 0.320 e. The Morgan fingerprint density at radius 2 is 2.04 bits per heavy atom. The highest BCUT2D eigenvalue weighted by Crippen LogP contribution is 2.27. The van der Waals surface area contributed by atoms with Gasteiger partial charge in [0.15, 0.2) is 11.5 Å². The summed E-state index contributed by atoms with van der Waals surface area (Å²) in [6.45, 7) is 2.54. The van der Waals surface area contributed by atoms with Crippen molar-refractivity contribution in [3.8, 4) is 11.5 Å². The first kappa shape index (κ1) is 18.2. The van der Waals surface area contributed by atoms with Crippen LogP contribution in [-0.2, 0) is 13.0 Å². The SMILES string of the molecule is CCn1cc([N+](=O)[O-])c(C(=O)NCCc2ccc(OC)c(OC)c2)n1. The number of rotatable bonds is 8. The zero-order valence-electron chi connectivity index (χ0n) is 14.3. The molecule has 0 unspecified atom stereocenters. The number of amides is 1. The van der Waals surface area contributed by atoms with Gasteiger partial charge >= 0.3 is 5.69 Å². The fourth-order valence-corrected chi connectivity index (χ4v) is 2.31. The maximum absolute atomic E-state index is 12.2. The van der Waals surface area contributed by atoms with E-state index in [0.717, 1.165) is 5.56 Å². The minimum Gasteiger partial charge on any atom is -0.493 e. The van der Waals surface area contributed by atoms with Crippen LogP contribution in [-0.4, -0.2) is 41.4 Å². The van der Waals surface area contributed by atoms with Crippen LogP contribution in [0.4, 0.5) is 5.69 Å². The van der Waals surface area contributed by atoms with E-state index in [2.05, 4.69) is 10.4 Å². The summed E-state index contributed by atoms with van der Waals surface area (Å²) in [4.78, 5) is 22.6. The molecule has 0 saturated heterocycles. The van der Waals surface area contributed by atoms with Gasteiger partial charge in [-0.25, -0.2) is 0 Å². The number of aromatic nitrogens is 2. The summed E-state index contributed by atoms with van der Waals surface area (Å²) in [5, 5.41) is 17.6. The van der Waals surface area contributed by atoms with Crippen LogP contribution in [0.1, 0.15) is 23.0 Å². The lowest BCUT2D eigenvalue weighted by Crippen LogP contribution is -2.27. The van der Waals surface area contributed by atoms with Gasteiger partial charge in [0.05, 0.1) is 19.1 Å². The van der Waals surface area contributed by atoms with Crippen molar-refractivity contribution < 1.29 is 19.2 Å². The van der Waals surface area contributed by atoms with Crippen LogP contribution in [0, 0.1) is 10.1 Å². The van der Waals surface area contributed by atoms with E-state index < -0.39 is 10.8 Å². The van der Waals surface area contributed by atoms with E-state index in [4.69, 9.17) is 9.47 Å². The Hall–Kier alpha value is -3.10. The third-order valence-electron chi connectivity index (χ3n) is 3.63. The fraction of sp³-hybridized carbons (Fsp3) is 0.375. The van der Waals surface area contributed by atoms with Crippen molar-refractivity contribution in [2.24, 2.45) is 0 Å². The highest BCUT2D eigenvalue weighted by Gasteiger charge is 2.25. The zero-order valence-corrected chi connectivity index (χ0v) is 14.3. The first-order valence-corrected chi connectivity index (χ1v) is 7.71. The van der Waals surface area contributed by atoms with Gasteiger partial charge < -0.3 is 14.8 Å². The Morgan fingerprint density at radius 1 is 1.32 bits per heavy atom. The molecule has 0 aliphatic rings. The van der Waals surface area contributed by atoms with Crippen LogP contribution in [0.2, 0.25) is 0 Å². The molecule has 0 bridgehead atoms. The molecule has 1 aromatic carbocycles. The monoisotopic (exact) mass is 348 g/mol. The predicted molar refractivity (Wildman–Crippen MR) is 90.1 cm³/mol. The molecular weight excluding hydrogens is 328 g/mol. The largest absolute Gasteiger partial charge is 0.493 e. The molecule has 0 aliphatic carbocycles. The number of carbonyl (C=O) groups excluding carboxylic acids is 1. The quantitative estimate of drug-likeness (QED) is 0.575.